The van der Waals surface area contributed by atoms with Gasteiger partial charge in [-0.05, 0) is 30.7 Å². The number of hydrogen-bond donors (Lipinski definition) is 2. The molecule has 0 unspecified atom stereocenters. The molecule has 2 N–H and O–H groups in total. The predicted molar refractivity (Wildman–Crippen MR) is 73.5 cm³/mol. The second-order valence-corrected chi connectivity index (χ2v) is 4.36. The number of aromatic nitrogens is 2. The van der Waals surface area contributed by atoms with E-state index in [-0.39, 0.29) is 12.5 Å². The molecule has 1 aromatic heterocycles. The average molecular weight is 280 g/mol. The highest BCUT2D eigenvalue weighted by atomic mass is 35.5. The Kier molecular flexibility index (Phi) is 4.41. The van der Waals surface area contributed by atoms with Crippen LogP contribution in [0.2, 0.25) is 5.02 Å². The minimum Gasteiger partial charge on any atom is -0.484 e. The van der Waals surface area contributed by atoms with E-state index < -0.39 is 0 Å². The second kappa shape index (κ2) is 6.24. The van der Waals surface area contributed by atoms with Gasteiger partial charge in [0.2, 0.25) is 0 Å². The highest BCUT2D eigenvalue weighted by Crippen LogP contribution is 2.15. The maximum absolute atomic E-state index is 11.6. The van der Waals surface area contributed by atoms with Crippen LogP contribution in [0.3, 0.4) is 0 Å². The number of H-pyrrole nitrogens is 1. The summed E-state index contributed by atoms with van der Waals surface area (Å²) in [4.78, 5) is 11.6. The van der Waals surface area contributed by atoms with Crippen molar-refractivity contribution in [1.82, 2.24) is 10.2 Å². The number of halogens is 1. The van der Waals surface area contributed by atoms with Gasteiger partial charge in [0.15, 0.2) is 12.4 Å². The summed E-state index contributed by atoms with van der Waals surface area (Å²) in [6.07, 6.45) is 0.837. The standard InChI is InChI=1S/C13H14ClN3O2/c1-2-10-7-12(17-16-10)15-13(18)8-19-11-5-3-9(14)4-6-11/h3-7H,2,8H2,1H3,(H2,15,16,17,18). The molecule has 0 atom stereocenters. The van der Waals surface area contributed by atoms with Gasteiger partial charge in [-0.15, -0.1) is 0 Å². The van der Waals surface area contributed by atoms with E-state index >= 15 is 0 Å². The van der Waals surface area contributed by atoms with Gasteiger partial charge in [-0.2, -0.15) is 5.10 Å². The molecule has 2 rings (SSSR count). The van der Waals surface area contributed by atoms with Gasteiger partial charge in [-0.25, -0.2) is 0 Å². The Bertz CT molecular complexity index is 551. The third-order valence-electron chi connectivity index (χ3n) is 2.46. The van der Waals surface area contributed by atoms with Crippen molar-refractivity contribution in [2.24, 2.45) is 0 Å². The summed E-state index contributed by atoms with van der Waals surface area (Å²) in [5.74, 6) is 0.835. The molecule has 6 heteroatoms. The fourth-order valence-corrected chi connectivity index (χ4v) is 1.59. The number of anilines is 1. The monoisotopic (exact) mass is 279 g/mol. The van der Waals surface area contributed by atoms with E-state index in [0.717, 1.165) is 12.1 Å². The van der Waals surface area contributed by atoms with Crippen LogP contribution < -0.4 is 10.1 Å². The van der Waals surface area contributed by atoms with Crippen LogP contribution >= 0.6 is 11.6 Å². The van der Waals surface area contributed by atoms with Crippen LogP contribution in [0.15, 0.2) is 30.3 Å². The number of rotatable bonds is 5. The molecule has 0 radical (unpaired) electrons. The largest absolute Gasteiger partial charge is 0.484 e. The molecule has 0 spiro atoms. The number of aryl methyl sites for hydroxylation is 1. The molecule has 5 nitrogen and oxygen atoms in total. The van der Waals surface area contributed by atoms with Crippen molar-refractivity contribution in [1.29, 1.82) is 0 Å². The molecule has 0 bridgehead atoms. The van der Waals surface area contributed by atoms with E-state index in [1.54, 1.807) is 30.3 Å². The van der Waals surface area contributed by atoms with E-state index in [0.29, 0.717) is 16.6 Å². The number of carbonyl (C=O) groups is 1. The molecular weight excluding hydrogens is 266 g/mol. The maximum Gasteiger partial charge on any atom is 0.263 e. The summed E-state index contributed by atoms with van der Waals surface area (Å²) >= 11 is 5.75. The van der Waals surface area contributed by atoms with E-state index in [9.17, 15) is 4.79 Å². The highest BCUT2D eigenvalue weighted by molar-refractivity contribution is 6.30. The van der Waals surface area contributed by atoms with Crippen molar-refractivity contribution in [2.75, 3.05) is 11.9 Å². The lowest BCUT2D eigenvalue weighted by molar-refractivity contribution is -0.118. The Morgan fingerprint density at radius 3 is 2.79 bits per heavy atom. The Balaban J connectivity index is 1.82. The molecule has 1 amide bonds. The molecule has 0 saturated heterocycles. The van der Waals surface area contributed by atoms with Crippen molar-refractivity contribution in [3.8, 4) is 5.75 Å². The highest BCUT2D eigenvalue weighted by Gasteiger charge is 2.06. The summed E-state index contributed by atoms with van der Waals surface area (Å²) in [5, 5.41) is 10.1. The molecule has 0 fully saturated rings. The summed E-state index contributed by atoms with van der Waals surface area (Å²) in [7, 11) is 0. The first-order valence-electron chi connectivity index (χ1n) is 5.90. The molecule has 0 aliphatic heterocycles. The third-order valence-corrected chi connectivity index (χ3v) is 2.71. The molecular formula is C13H14ClN3O2. The first kappa shape index (κ1) is 13.4. The van der Waals surface area contributed by atoms with Crippen LogP contribution in [0.4, 0.5) is 5.82 Å². The smallest absolute Gasteiger partial charge is 0.263 e. The average Bonchev–Trinajstić information content (AvgIpc) is 2.86. The quantitative estimate of drug-likeness (QED) is 0.884. The summed E-state index contributed by atoms with van der Waals surface area (Å²) in [6.45, 7) is 1.93. The van der Waals surface area contributed by atoms with Crippen molar-refractivity contribution in [2.45, 2.75) is 13.3 Å². The first-order valence-corrected chi connectivity index (χ1v) is 6.27. The number of carbonyl (C=O) groups excluding carboxylic acids is 1. The topological polar surface area (TPSA) is 67.0 Å². The van der Waals surface area contributed by atoms with Crippen LogP contribution in [-0.2, 0) is 11.2 Å². The predicted octanol–water partition coefficient (Wildman–Crippen LogP) is 2.64. The number of ether oxygens (including phenoxy) is 1. The third kappa shape index (κ3) is 3.99. The summed E-state index contributed by atoms with van der Waals surface area (Å²) in [6, 6.07) is 8.62. The van der Waals surface area contributed by atoms with E-state index in [1.807, 2.05) is 6.92 Å². The van der Waals surface area contributed by atoms with Gasteiger partial charge in [-0.3, -0.25) is 9.89 Å². The SMILES string of the molecule is CCc1cc(NC(=O)COc2ccc(Cl)cc2)n[nH]1. The number of benzene rings is 1. The minimum atomic E-state index is -0.260. The number of nitrogens with one attached hydrogen (secondary N) is 2. The van der Waals surface area contributed by atoms with Crippen LogP contribution in [-0.4, -0.2) is 22.7 Å². The lowest BCUT2D eigenvalue weighted by atomic mass is 10.3. The first-order chi connectivity index (χ1) is 9.17. The van der Waals surface area contributed by atoms with Gasteiger partial charge in [0.05, 0.1) is 0 Å². The fraction of sp³-hybridized carbons (Fsp3) is 0.231. The molecule has 1 aromatic carbocycles. The summed E-state index contributed by atoms with van der Waals surface area (Å²) in [5.41, 5.74) is 0.967. The number of hydrogen-bond acceptors (Lipinski definition) is 3. The second-order valence-electron chi connectivity index (χ2n) is 3.92. The maximum atomic E-state index is 11.6. The zero-order chi connectivity index (χ0) is 13.7. The minimum absolute atomic E-state index is 0.0735. The van der Waals surface area contributed by atoms with Crippen molar-refractivity contribution < 1.29 is 9.53 Å². The van der Waals surface area contributed by atoms with E-state index in [2.05, 4.69) is 15.5 Å². The molecule has 1 heterocycles. The molecule has 19 heavy (non-hydrogen) atoms. The van der Waals surface area contributed by atoms with Gasteiger partial charge < -0.3 is 10.1 Å². The Morgan fingerprint density at radius 1 is 1.42 bits per heavy atom. The number of amides is 1. The zero-order valence-corrected chi connectivity index (χ0v) is 11.2. The van der Waals surface area contributed by atoms with Gasteiger partial charge in [0.25, 0.3) is 5.91 Å². The number of nitrogens with zero attached hydrogens (tertiary/aromatic N) is 1. The lowest BCUT2D eigenvalue weighted by Gasteiger charge is -2.05. The molecule has 0 saturated carbocycles. The molecule has 0 aliphatic rings. The van der Waals surface area contributed by atoms with Crippen molar-refractivity contribution in [3.63, 3.8) is 0 Å². The molecule has 0 aliphatic carbocycles. The zero-order valence-electron chi connectivity index (χ0n) is 10.4. The summed E-state index contributed by atoms with van der Waals surface area (Å²) < 4.78 is 5.32. The van der Waals surface area contributed by atoms with Crippen LogP contribution in [0, 0.1) is 0 Å². The van der Waals surface area contributed by atoms with Crippen LogP contribution in [0.5, 0.6) is 5.75 Å². The van der Waals surface area contributed by atoms with Gasteiger partial charge >= 0.3 is 0 Å². The number of aromatic amines is 1. The van der Waals surface area contributed by atoms with Gasteiger partial charge in [0.1, 0.15) is 5.75 Å². The van der Waals surface area contributed by atoms with Gasteiger partial charge in [-0.1, -0.05) is 18.5 Å². The Morgan fingerprint density at radius 2 is 2.16 bits per heavy atom. The van der Waals surface area contributed by atoms with Crippen molar-refractivity contribution in [3.05, 3.63) is 41.0 Å². The normalized spacial score (nSPS) is 10.2. The van der Waals surface area contributed by atoms with E-state index in [4.69, 9.17) is 16.3 Å². The van der Waals surface area contributed by atoms with Crippen LogP contribution in [0.25, 0.3) is 0 Å². The lowest BCUT2D eigenvalue weighted by Crippen LogP contribution is -2.20. The molecule has 2 aromatic rings. The Labute approximate surface area is 115 Å². The Hall–Kier alpha value is -2.01. The van der Waals surface area contributed by atoms with E-state index in [1.165, 1.54) is 0 Å². The fourth-order valence-electron chi connectivity index (χ4n) is 1.47. The van der Waals surface area contributed by atoms with Crippen molar-refractivity contribution >= 4 is 23.3 Å². The van der Waals surface area contributed by atoms with Gasteiger partial charge in [0, 0.05) is 16.8 Å². The molecule has 100 valence electrons. The van der Waals surface area contributed by atoms with Crippen LogP contribution in [0.1, 0.15) is 12.6 Å².